The maximum atomic E-state index is 6.39. The Morgan fingerprint density at radius 3 is 2.67 bits per heavy atom. The van der Waals surface area contributed by atoms with Gasteiger partial charge in [-0.05, 0) is 36.5 Å². The van der Waals surface area contributed by atoms with Gasteiger partial charge >= 0.3 is 0 Å². The highest BCUT2D eigenvalue weighted by atomic mass is 16.5. The first-order valence-corrected chi connectivity index (χ1v) is 7.77. The van der Waals surface area contributed by atoms with Gasteiger partial charge in [-0.15, -0.1) is 0 Å². The van der Waals surface area contributed by atoms with Crippen molar-refractivity contribution in [1.82, 2.24) is 0 Å². The fourth-order valence-electron chi connectivity index (χ4n) is 4.06. The van der Waals surface area contributed by atoms with E-state index in [-0.39, 0.29) is 6.10 Å². The second kappa shape index (κ2) is 5.10. The first kappa shape index (κ1) is 12.8. The van der Waals surface area contributed by atoms with Gasteiger partial charge in [-0.3, -0.25) is 0 Å². The minimum atomic E-state index is 0.179. The molecule has 2 aromatic carbocycles. The Labute approximate surface area is 125 Å². The van der Waals surface area contributed by atoms with Crippen molar-refractivity contribution in [3.63, 3.8) is 0 Å². The molecule has 2 aliphatic rings. The van der Waals surface area contributed by atoms with Crippen LogP contribution in [0.3, 0.4) is 0 Å². The van der Waals surface area contributed by atoms with E-state index in [2.05, 4.69) is 42.5 Å². The number of hydrogen-bond acceptors (Lipinski definition) is 2. The van der Waals surface area contributed by atoms with Gasteiger partial charge in [0.2, 0.25) is 0 Å². The second-order valence-electron chi connectivity index (χ2n) is 6.02. The number of methoxy groups -OCH3 is 1. The van der Waals surface area contributed by atoms with Crippen LogP contribution in [-0.2, 0) is 0 Å². The third-order valence-electron chi connectivity index (χ3n) is 4.96. The van der Waals surface area contributed by atoms with Crippen LogP contribution in [0, 0.1) is 5.92 Å². The highest BCUT2D eigenvalue weighted by Gasteiger charge is 2.43. The molecular weight excluding hydrogens is 260 g/mol. The van der Waals surface area contributed by atoms with Crippen LogP contribution < -0.4 is 9.47 Å². The number of rotatable bonds is 2. The predicted molar refractivity (Wildman–Crippen MR) is 82.9 cm³/mol. The summed E-state index contributed by atoms with van der Waals surface area (Å²) in [5, 5.41) is 0. The zero-order valence-electron chi connectivity index (χ0n) is 12.3. The molecule has 21 heavy (non-hydrogen) atoms. The van der Waals surface area contributed by atoms with Gasteiger partial charge in [-0.2, -0.15) is 0 Å². The Hall–Kier alpha value is -1.96. The zero-order chi connectivity index (χ0) is 14.2. The molecule has 0 saturated heterocycles. The van der Waals surface area contributed by atoms with Gasteiger partial charge in [0.15, 0.2) is 0 Å². The fraction of sp³-hybridized carbons (Fsp3) is 0.368. The largest absolute Gasteiger partial charge is 0.496 e. The lowest BCUT2D eigenvalue weighted by Gasteiger charge is -2.37. The summed E-state index contributed by atoms with van der Waals surface area (Å²) in [5.74, 6) is 3.12. The van der Waals surface area contributed by atoms with Crippen LogP contribution in [0.25, 0.3) is 0 Å². The lowest BCUT2D eigenvalue weighted by molar-refractivity contribution is 0.102. The van der Waals surface area contributed by atoms with Gasteiger partial charge in [-0.1, -0.05) is 42.8 Å². The van der Waals surface area contributed by atoms with Gasteiger partial charge in [-0.25, -0.2) is 0 Å². The molecule has 4 rings (SSSR count). The van der Waals surface area contributed by atoms with Gasteiger partial charge < -0.3 is 9.47 Å². The molecule has 0 bridgehead atoms. The molecule has 2 nitrogen and oxygen atoms in total. The smallest absolute Gasteiger partial charge is 0.127 e. The van der Waals surface area contributed by atoms with Gasteiger partial charge in [0, 0.05) is 11.5 Å². The normalized spacial score (nSPS) is 26.6. The molecule has 0 radical (unpaired) electrons. The van der Waals surface area contributed by atoms with E-state index in [9.17, 15) is 0 Å². The molecule has 0 amide bonds. The van der Waals surface area contributed by atoms with Crippen molar-refractivity contribution in [1.29, 1.82) is 0 Å². The van der Waals surface area contributed by atoms with E-state index in [1.165, 1.54) is 30.4 Å². The molecule has 0 spiro atoms. The molecular formula is C19H20O2. The van der Waals surface area contributed by atoms with E-state index in [0.29, 0.717) is 11.8 Å². The molecule has 1 aliphatic carbocycles. The molecule has 1 saturated carbocycles. The Bertz CT molecular complexity index is 635. The van der Waals surface area contributed by atoms with E-state index in [1.54, 1.807) is 7.11 Å². The van der Waals surface area contributed by atoms with Crippen LogP contribution in [0.2, 0.25) is 0 Å². The topological polar surface area (TPSA) is 18.5 Å². The van der Waals surface area contributed by atoms with Crippen LogP contribution >= 0.6 is 0 Å². The summed E-state index contributed by atoms with van der Waals surface area (Å²) in [6.45, 7) is 0. The van der Waals surface area contributed by atoms with E-state index in [0.717, 1.165) is 11.5 Å². The third-order valence-corrected chi connectivity index (χ3v) is 4.96. The van der Waals surface area contributed by atoms with Crippen LogP contribution in [0.5, 0.6) is 11.5 Å². The first-order chi connectivity index (χ1) is 10.4. The van der Waals surface area contributed by atoms with E-state index in [4.69, 9.17) is 9.47 Å². The highest BCUT2D eigenvalue weighted by Crippen LogP contribution is 2.56. The average molecular weight is 280 g/mol. The molecule has 2 heteroatoms. The summed E-state index contributed by atoms with van der Waals surface area (Å²) in [6, 6.07) is 16.8. The molecule has 2 aromatic rings. The Morgan fingerprint density at radius 2 is 1.86 bits per heavy atom. The summed E-state index contributed by atoms with van der Waals surface area (Å²) in [7, 11) is 1.75. The minimum Gasteiger partial charge on any atom is -0.496 e. The van der Waals surface area contributed by atoms with E-state index < -0.39 is 0 Å². The number of benzene rings is 2. The Balaban J connectivity index is 1.81. The SMILES string of the molecule is COc1cccc2c1[C@@H]1CCC[C@H]1[C@H](c1ccccc1)O2. The van der Waals surface area contributed by atoms with Crippen LogP contribution in [-0.4, -0.2) is 7.11 Å². The van der Waals surface area contributed by atoms with Crippen LogP contribution in [0.4, 0.5) is 0 Å². The highest BCUT2D eigenvalue weighted by molar-refractivity contribution is 5.50. The number of hydrogen-bond donors (Lipinski definition) is 0. The van der Waals surface area contributed by atoms with Crippen LogP contribution in [0.15, 0.2) is 48.5 Å². The van der Waals surface area contributed by atoms with Gasteiger partial charge in [0.05, 0.1) is 7.11 Å². The van der Waals surface area contributed by atoms with Crippen molar-refractivity contribution < 1.29 is 9.47 Å². The van der Waals surface area contributed by atoms with Crippen LogP contribution in [0.1, 0.15) is 42.4 Å². The summed E-state index contributed by atoms with van der Waals surface area (Å²) >= 11 is 0. The first-order valence-electron chi connectivity index (χ1n) is 7.77. The molecule has 0 aromatic heterocycles. The summed E-state index contributed by atoms with van der Waals surface area (Å²) < 4.78 is 12.0. The Morgan fingerprint density at radius 1 is 1.00 bits per heavy atom. The van der Waals surface area contributed by atoms with Crippen molar-refractivity contribution in [2.24, 2.45) is 5.92 Å². The van der Waals surface area contributed by atoms with Crippen molar-refractivity contribution >= 4 is 0 Å². The molecule has 3 atom stereocenters. The van der Waals surface area contributed by atoms with E-state index >= 15 is 0 Å². The number of ether oxygens (including phenoxy) is 2. The third kappa shape index (κ3) is 2.01. The summed E-state index contributed by atoms with van der Waals surface area (Å²) in [5.41, 5.74) is 2.58. The lowest BCUT2D eigenvalue weighted by atomic mass is 9.79. The predicted octanol–water partition coefficient (Wildman–Crippen LogP) is 4.71. The zero-order valence-corrected chi connectivity index (χ0v) is 12.3. The van der Waals surface area contributed by atoms with Crippen molar-refractivity contribution in [3.05, 3.63) is 59.7 Å². The van der Waals surface area contributed by atoms with Gasteiger partial charge in [0.25, 0.3) is 0 Å². The monoisotopic (exact) mass is 280 g/mol. The lowest BCUT2D eigenvalue weighted by Crippen LogP contribution is -2.27. The molecule has 1 heterocycles. The van der Waals surface area contributed by atoms with Gasteiger partial charge in [0.1, 0.15) is 17.6 Å². The molecule has 1 fully saturated rings. The van der Waals surface area contributed by atoms with Crippen molar-refractivity contribution in [2.45, 2.75) is 31.3 Å². The quantitative estimate of drug-likeness (QED) is 0.793. The standard InChI is InChI=1S/C19H20O2/c1-20-16-11-6-12-17-18(16)14-9-5-10-15(14)19(21-17)13-7-3-2-4-8-13/h2-4,6-8,11-12,14-15,19H,5,9-10H2,1H3/t14-,15-,19+/m1/s1. The van der Waals surface area contributed by atoms with Crippen molar-refractivity contribution in [2.75, 3.05) is 7.11 Å². The fourth-order valence-corrected chi connectivity index (χ4v) is 4.06. The molecule has 108 valence electrons. The summed E-state index contributed by atoms with van der Waals surface area (Å²) in [6.07, 6.45) is 3.93. The van der Waals surface area contributed by atoms with E-state index in [1.807, 2.05) is 6.07 Å². The minimum absolute atomic E-state index is 0.179. The number of fused-ring (bicyclic) bond motifs is 3. The second-order valence-corrected chi connectivity index (χ2v) is 6.02. The molecule has 1 aliphatic heterocycles. The van der Waals surface area contributed by atoms with Crippen molar-refractivity contribution in [3.8, 4) is 11.5 Å². The maximum Gasteiger partial charge on any atom is 0.127 e. The maximum absolute atomic E-state index is 6.39. The summed E-state index contributed by atoms with van der Waals surface area (Å²) in [4.78, 5) is 0. The Kier molecular flexibility index (Phi) is 3.10. The molecule has 0 N–H and O–H groups in total. The molecule has 0 unspecified atom stereocenters. The average Bonchev–Trinajstić information content (AvgIpc) is 3.03.